The quantitative estimate of drug-likeness (QED) is 0.286. The summed E-state index contributed by atoms with van der Waals surface area (Å²) in [7, 11) is -1.24. The monoisotopic (exact) mass is 504 g/mol. The summed E-state index contributed by atoms with van der Waals surface area (Å²) in [6.45, 7) is 9.91. The molecule has 0 fully saturated rings. The molecule has 0 amide bonds. The van der Waals surface area contributed by atoms with E-state index in [1.807, 2.05) is 0 Å². The van der Waals surface area contributed by atoms with E-state index in [9.17, 15) is 0 Å². The van der Waals surface area contributed by atoms with Crippen molar-refractivity contribution in [2.75, 3.05) is 0 Å². The Bertz CT molecular complexity index is 1160. The second-order valence-electron chi connectivity index (χ2n) is 9.58. The molecule has 4 aromatic carbocycles. The highest BCUT2D eigenvalue weighted by molar-refractivity contribution is 7.75. The molecule has 32 heavy (non-hydrogen) atoms. The van der Waals surface area contributed by atoms with Crippen LogP contribution in [0.4, 0.5) is 0 Å². The summed E-state index contributed by atoms with van der Waals surface area (Å²) in [5.74, 6) is 0. The molecule has 0 saturated heterocycles. The molecule has 5 rings (SSSR count). The van der Waals surface area contributed by atoms with Crippen LogP contribution in [0.5, 0.6) is 0 Å². The maximum absolute atomic E-state index is 2.55. The number of hydrogen-bond donors (Lipinski definition) is 0. The Labute approximate surface area is 204 Å². The van der Waals surface area contributed by atoms with Gasteiger partial charge in [-0.2, -0.15) is 0 Å². The second-order valence-corrected chi connectivity index (χ2v) is 14.2. The van der Waals surface area contributed by atoms with Gasteiger partial charge in [0.1, 0.15) is 0 Å². The van der Waals surface area contributed by atoms with Crippen molar-refractivity contribution in [3.63, 3.8) is 0 Å². The summed E-state index contributed by atoms with van der Waals surface area (Å²) < 4.78 is 0. The number of fused-ring (bicyclic) bond motifs is 7. The molecule has 0 radical (unpaired) electrons. The van der Waals surface area contributed by atoms with E-state index in [1.54, 1.807) is 11.1 Å². The van der Waals surface area contributed by atoms with E-state index in [1.165, 1.54) is 57.8 Å². The van der Waals surface area contributed by atoms with Crippen molar-refractivity contribution in [3.05, 3.63) is 83.9 Å². The summed E-state index contributed by atoms with van der Waals surface area (Å²) in [6.07, 6.45) is 5.12. The average molecular weight is 505 g/mol. The zero-order valence-corrected chi connectivity index (χ0v) is 22.2. The lowest BCUT2D eigenvalue weighted by Crippen LogP contribution is -3.00. The Hall–Kier alpha value is -1.69. The van der Waals surface area contributed by atoms with E-state index in [-0.39, 0.29) is 17.0 Å². The molecule has 1 aliphatic rings. The Morgan fingerprint density at radius 3 is 1.44 bits per heavy atom. The van der Waals surface area contributed by atoms with Gasteiger partial charge < -0.3 is 17.0 Å². The summed E-state index contributed by atoms with van der Waals surface area (Å²) in [5, 5.41) is 5.56. The van der Waals surface area contributed by atoms with E-state index in [2.05, 4.69) is 100 Å². The Morgan fingerprint density at radius 2 is 1.03 bits per heavy atom. The van der Waals surface area contributed by atoms with E-state index >= 15 is 0 Å². The highest BCUT2D eigenvalue weighted by Gasteiger charge is 2.49. The van der Waals surface area contributed by atoms with Gasteiger partial charge in [-0.25, -0.2) is 0 Å². The van der Waals surface area contributed by atoms with Crippen LogP contribution >= 0.6 is 7.26 Å². The Kier molecular flexibility index (Phi) is 6.81. The van der Waals surface area contributed by atoms with Crippen LogP contribution in [0.2, 0.25) is 0 Å². The fourth-order valence-corrected chi connectivity index (χ4v) is 11.4. The van der Waals surface area contributed by atoms with Gasteiger partial charge in [-0.05, 0) is 70.5 Å². The largest absolute Gasteiger partial charge is 1.00 e. The van der Waals surface area contributed by atoms with Crippen molar-refractivity contribution in [2.24, 2.45) is 0 Å². The maximum atomic E-state index is 2.55. The Balaban J connectivity index is 0.00000245. The van der Waals surface area contributed by atoms with Gasteiger partial charge in [-0.15, -0.1) is 0 Å². The molecule has 0 aromatic heterocycles. The third-order valence-electron chi connectivity index (χ3n) is 8.15. The molecule has 2 heteroatoms. The average Bonchev–Trinajstić information content (AvgIpc) is 2.98. The zero-order valence-electron chi connectivity index (χ0n) is 19.7. The predicted octanol–water partition coefficient (Wildman–Crippen LogP) is 6.29. The first-order valence-electron chi connectivity index (χ1n) is 12.0. The standard InChI is InChI=1S/C30H34P.BrH/c1-5-21(3)31(22(4)6-2)19-25-17-15-23-11-7-9-13-27(23)29(25)30-26(20-31)18-16-24-12-8-10-14-28(24)30;/h7-18,21-22H,5-6,19-20H2,1-4H3;1H/q+1;/p-1/t21-,22+;. The summed E-state index contributed by atoms with van der Waals surface area (Å²) >= 11 is 0. The van der Waals surface area contributed by atoms with E-state index in [0.717, 1.165) is 11.3 Å². The van der Waals surface area contributed by atoms with Crippen LogP contribution in [0.25, 0.3) is 32.7 Å². The molecule has 2 atom stereocenters. The molecule has 166 valence electrons. The molecule has 0 aliphatic carbocycles. The van der Waals surface area contributed by atoms with Crippen LogP contribution in [-0.2, 0) is 12.3 Å². The molecule has 0 unspecified atom stereocenters. The fraction of sp³-hybridized carbons (Fsp3) is 0.333. The van der Waals surface area contributed by atoms with Crippen LogP contribution in [0, 0.1) is 0 Å². The van der Waals surface area contributed by atoms with Crippen molar-refractivity contribution in [1.82, 2.24) is 0 Å². The van der Waals surface area contributed by atoms with Gasteiger partial charge in [0.2, 0.25) is 0 Å². The van der Waals surface area contributed by atoms with Crippen molar-refractivity contribution in [1.29, 1.82) is 0 Å². The molecule has 0 bridgehead atoms. The zero-order chi connectivity index (χ0) is 21.6. The minimum absolute atomic E-state index is 0. The minimum Gasteiger partial charge on any atom is -1.00 e. The SMILES string of the molecule is CC[C@@H](C)[P+]1([C@@H](C)CC)Cc2ccc3ccccc3c2-c2c(ccc3ccccc23)C1.[Br-]. The third kappa shape index (κ3) is 3.63. The molecule has 4 aromatic rings. The lowest BCUT2D eigenvalue weighted by Gasteiger charge is -2.37. The van der Waals surface area contributed by atoms with Gasteiger partial charge in [0, 0.05) is 7.26 Å². The van der Waals surface area contributed by atoms with Crippen molar-refractivity contribution in [2.45, 2.75) is 64.2 Å². The summed E-state index contributed by atoms with van der Waals surface area (Å²) in [5.41, 5.74) is 7.78. The second kappa shape index (κ2) is 9.28. The third-order valence-corrected chi connectivity index (χ3v) is 14.2. The van der Waals surface area contributed by atoms with Gasteiger partial charge in [-0.1, -0.05) is 86.6 Å². The number of halogens is 1. The molecular formula is C30H34BrP. The summed E-state index contributed by atoms with van der Waals surface area (Å²) in [4.78, 5) is 0. The fourth-order valence-electron chi connectivity index (χ4n) is 5.96. The van der Waals surface area contributed by atoms with E-state index in [4.69, 9.17) is 0 Å². The normalized spacial score (nSPS) is 16.5. The van der Waals surface area contributed by atoms with Gasteiger partial charge in [-0.3, -0.25) is 0 Å². The van der Waals surface area contributed by atoms with E-state index < -0.39 is 7.26 Å². The summed E-state index contributed by atoms with van der Waals surface area (Å²) in [6, 6.07) is 27.7. The van der Waals surface area contributed by atoms with Gasteiger partial charge in [0.25, 0.3) is 0 Å². The topological polar surface area (TPSA) is 0 Å². The Morgan fingerprint density at radius 1 is 0.625 bits per heavy atom. The van der Waals surface area contributed by atoms with Gasteiger partial charge in [0.05, 0.1) is 23.6 Å². The maximum Gasteiger partial charge on any atom is 0.0857 e. The lowest BCUT2D eigenvalue weighted by atomic mass is 9.88. The van der Waals surface area contributed by atoms with Gasteiger partial charge >= 0.3 is 0 Å². The molecule has 0 saturated carbocycles. The molecule has 1 aliphatic heterocycles. The van der Waals surface area contributed by atoms with Crippen LogP contribution in [0.15, 0.2) is 72.8 Å². The molecular weight excluding hydrogens is 471 g/mol. The van der Waals surface area contributed by atoms with Crippen molar-refractivity contribution in [3.8, 4) is 11.1 Å². The number of rotatable bonds is 4. The van der Waals surface area contributed by atoms with Gasteiger partial charge in [0.15, 0.2) is 0 Å². The molecule has 0 spiro atoms. The van der Waals surface area contributed by atoms with Crippen molar-refractivity contribution >= 4 is 28.8 Å². The van der Waals surface area contributed by atoms with Crippen LogP contribution in [-0.4, -0.2) is 11.3 Å². The highest BCUT2D eigenvalue weighted by Crippen LogP contribution is 2.74. The van der Waals surface area contributed by atoms with Crippen LogP contribution in [0.3, 0.4) is 0 Å². The lowest BCUT2D eigenvalue weighted by molar-refractivity contribution is -0.00000631. The highest BCUT2D eigenvalue weighted by atomic mass is 79.9. The first-order valence-corrected chi connectivity index (χ1v) is 14.3. The van der Waals surface area contributed by atoms with Crippen LogP contribution < -0.4 is 17.0 Å². The number of benzene rings is 4. The first kappa shape index (κ1) is 23.5. The molecule has 0 nitrogen and oxygen atoms in total. The van der Waals surface area contributed by atoms with Crippen molar-refractivity contribution < 1.29 is 17.0 Å². The minimum atomic E-state index is -1.24. The number of hydrogen-bond acceptors (Lipinski definition) is 0. The smallest absolute Gasteiger partial charge is 0.0857 e. The predicted molar refractivity (Wildman–Crippen MR) is 141 cm³/mol. The molecule has 1 heterocycles. The van der Waals surface area contributed by atoms with Crippen LogP contribution in [0.1, 0.15) is 51.7 Å². The van der Waals surface area contributed by atoms with E-state index in [0.29, 0.717) is 0 Å². The first-order chi connectivity index (χ1) is 15.1. The molecule has 0 N–H and O–H groups in total.